The lowest BCUT2D eigenvalue weighted by Gasteiger charge is -2.26. The normalized spacial score (nSPS) is 17.1. The van der Waals surface area contributed by atoms with Gasteiger partial charge in [0.05, 0.1) is 25.1 Å². The first-order chi connectivity index (χ1) is 16.3. The number of hydrogen-bond donors (Lipinski definition) is 1. The van der Waals surface area contributed by atoms with E-state index in [1.54, 1.807) is 48.5 Å². The van der Waals surface area contributed by atoms with Crippen molar-refractivity contribution in [2.45, 2.75) is 19.4 Å². The molecule has 34 heavy (non-hydrogen) atoms. The number of carbonyl (C=O) groups is 3. The average Bonchev–Trinajstić information content (AvgIpc) is 3.10. The molecule has 1 fully saturated rings. The number of nitrogens with zero attached hydrogens (tertiary/aromatic N) is 1. The number of aliphatic hydroxyl groups is 1. The number of amides is 1. The number of Topliss-reactive ketones (excluding diaryl/α,β-unsaturated/α-hetero) is 1. The average molecular weight is 476 g/mol. The van der Waals surface area contributed by atoms with E-state index < -0.39 is 17.7 Å². The molecular formula is C27H22ClNO5. The second-order valence-corrected chi connectivity index (χ2v) is 8.39. The van der Waals surface area contributed by atoms with Gasteiger partial charge in [-0.1, -0.05) is 48.0 Å². The Morgan fingerprint density at radius 2 is 1.65 bits per heavy atom. The summed E-state index contributed by atoms with van der Waals surface area (Å²) in [6, 6.07) is 19.8. The predicted octanol–water partition coefficient (Wildman–Crippen LogP) is 4.99. The Morgan fingerprint density at radius 3 is 2.26 bits per heavy atom. The summed E-state index contributed by atoms with van der Waals surface area (Å²) >= 11 is 5.97. The number of aryl methyl sites for hydroxylation is 1. The van der Waals surface area contributed by atoms with Gasteiger partial charge in [0.2, 0.25) is 0 Å². The SMILES string of the molecule is COC(=O)Cc1ccc(N2C(=O)C(=O)/C(=C(\O)c3ccc(Cl)cc3)C2c2ccccc2C)cc1. The zero-order chi connectivity index (χ0) is 24.4. The van der Waals surface area contributed by atoms with Crippen molar-refractivity contribution in [1.82, 2.24) is 0 Å². The van der Waals surface area contributed by atoms with Crippen molar-refractivity contribution < 1.29 is 24.2 Å². The number of carbonyl (C=O) groups excluding carboxylic acids is 3. The molecule has 1 unspecified atom stereocenters. The van der Waals surface area contributed by atoms with Crippen LogP contribution in [0.1, 0.15) is 28.3 Å². The second kappa shape index (κ2) is 9.53. The van der Waals surface area contributed by atoms with Crippen molar-refractivity contribution >= 4 is 40.7 Å². The molecule has 3 aromatic rings. The number of anilines is 1. The molecule has 7 heteroatoms. The van der Waals surface area contributed by atoms with E-state index in [2.05, 4.69) is 0 Å². The van der Waals surface area contributed by atoms with E-state index in [-0.39, 0.29) is 23.7 Å². The van der Waals surface area contributed by atoms with Crippen LogP contribution in [0.3, 0.4) is 0 Å². The molecule has 0 bridgehead atoms. The summed E-state index contributed by atoms with van der Waals surface area (Å²) in [6.45, 7) is 1.89. The summed E-state index contributed by atoms with van der Waals surface area (Å²) in [7, 11) is 1.32. The highest BCUT2D eigenvalue weighted by atomic mass is 35.5. The summed E-state index contributed by atoms with van der Waals surface area (Å²) in [5.41, 5.74) is 3.15. The summed E-state index contributed by atoms with van der Waals surface area (Å²) in [5.74, 6) is -2.17. The molecule has 1 atom stereocenters. The van der Waals surface area contributed by atoms with Crippen molar-refractivity contribution in [2.24, 2.45) is 0 Å². The van der Waals surface area contributed by atoms with Gasteiger partial charge in [0, 0.05) is 16.3 Å². The van der Waals surface area contributed by atoms with Crippen LogP contribution < -0.4 is 4.90 Å². The van der Waals surface area contributed by atoms with E-state index in [0.717, 1.165) is 11.1 Å². The zero-order valence-electron chi connectivity index (χ0n) is 18.6. The van der Waals surface area contributed by atoms with Crippen LogP contribution in [0.2, 0.25) is 5.02 Å². The highest BCUT2D eigenvalue weighted by Gasteiger charge is 2.47. The monoisotopic (exact) mass is 475 g/mol. The first-order valence-corrected chi connectivity index (χ1v) is 11.0. The number of rotatable bonds is 5. The van der Waals surface area contributed by atoms with Crippen LogP contribution in [0.15, 0.2) is 78.4 Å². The van der Waals surface area contributed by atoms with Gasteiger partial charge in [0.15, 0.2) is 0 Å². The summed E-state index contributed by atoms with van der Waals surface area (Å²) < 4.78 is 4.70. The van der Waals surface area contributed by atoms with Crippen LogP contribution in [0, 0.1) is 6.92 Å². The van der Waals surface area contributed by atoms with E-state index in [9.17, 15) is 19.5 Å². The molecule has 1 saturated heterocycles. The molecule has 1 heterocycles. The molecular weight excluding hydrogens is 454 g/mol. The zero-order valence-corrected chi connectivity index (χ0v) is 19.4. The van der Waals surface area contributed by atoms with E-state index in [1.807, 2.05) is 31.2 Å². The maximum Gasteiger partial charge on any atom is 0.309 e. The Morgan fingerprint density at radius 1 is 1.00 bits per heavy atom. The Labute approximate surface area is 202 Å². The lowest BCUT2D eigenvalue weighted by atomic mass is 9.92. The quantitative estimate of drug-likeness (QED) is 0.243. The molecule has 1 aliphatic rings. The lowest BCUT2D eigenvalue weighted by molar-refractivity contribution is -0.139. The van der Waals surface area contributed by atoms with Crippen LogP contribution in [0.25, 0.3) is 5.76 Å². The van der Waals surface area contributed by atoms with Crippen molar-refractivity contribution in [3.8, 4) is 0 Å². The summed E-state index contributed by atoms with van der Waals surface area (Å²) in [6.07, 6.45) is 0.0907. The minimum absolute atomic E-state index is 0.000241. The third-order valence-corrected chi connectivity index (χ3v) is 6.09. The van der Waals surface area contributed by atoms with Crippen LogP contribution in [0.4, 0.5) is 5.69 Å². The smallest absolute Gasteiger partial charge is 0.309 e. The fourth-order valence-electron chi connectivity index (χ4n) is 4.06. The number of hydrogen-bond acceptors (Lipinski definition) is 5. The molecule has 172 valence electrons. The molecule has 0 saturated carbocycles. The minimum Gasteiger partial charge on any atom is -0.507 e. The standard InChI is InChI=1S/C27H22ClNO5/c1-16-5-3-4-6-21(16)24-23(25(31)18-9-11-19(28)12-10-18)26(32)27(33)29(24)20-13-7-17(8-14-20)15-22(30)34-2/h3-14,24,31H,15H2,1-2H3/b25-23-. The minimum atomic E-state index is -0.830. The van der Waals surface area contributed by atoms with Gasteiger partial charge in [-0.15, -0.1) is 0 Å². The third-order valence-electron chi connectivity index (χ3n) is 5.84. The van der Waals surface area contributed by atoms with Gasteiger partial charge in [-0.05, 0) is 60.0 Å². The number of ether oxygens (including phenoxy) is 1. The van der Waals surface area contributed by atoms with Crippen molar-refractivity contribution in [3.05, 3.63) is 106 Å². The largest absolute Gasteiger partial charge is 0.507 e. The number of ketones is 1. The van der Waals surface area contributed by atoms with E-state index >= 15 is 0 Å². The van der Waals surface area contributed by atoms with Crippen molar-refractivity contribution in [3.63, 3.8) is 0 Å². The topological polar surface area (TPSA) is 83.9 Å². The number of esters is 1. The predicted molar refractivity (Wildman–Crippen MR) is 130 cm³/mol. The Balaban J connectivity index is 1.86. The van der Waals surface area contributed by atoms with Crippen LogP contribution in [0.5, 0.6) is 0 Å². The highest BCUT2D eigenvalue weighted by Crippen LogP contribution is 2.43. The summed E-state index contributed by atoms with van der Waals surface area (Å²) in [5, 5.41) is 11.6. The van der Waals surface area contributed by atoms with Gasteiger partial charge in [0.25, 0.3) is 11.7 Å². The van der Waals surface area contributed by atoms with Gasteiger partial charge < -0.3 is 9.84 Å². The molecule has 1 N–H and O–H groups in total. The summed E-state index contributed by atoms with van der Waals surface area (Å²) in [4.78, 5) is 39.4. The molecule has 0 spiro atoms. The van der Waals surface area contributed by atoms with E-state index in [0.29, 0.717) is 21.8 Å². The number of halogens is 1. The van der Waals surface area contributed by atoms with E-state index in [1.165, 1.54) is 12.0 Å². The molecule has 4 rings (SSSR count). The van der Waals surface area contributed by atoms with Gasteiger partial charge in [-0.3, -0.25) is 19.3 Å². The molecule has 3 aromatic carbocycles. The molecule has 0 aromatic heterocycles. The fourth-order valence-corrected chi connectivity index (χ4v) is 4.19. The Kier molecular flexibility index (Phi) is 6.52. The van der Waals surface area contributed by atoms with Crippen LogP contribution in [-0.4, -0.2) is 29.9 Å². The molecule has 1 amide bonds. The molecule has 6 nitrogen and oxygen atoms in total. The Bertz CT molecular complexity index is 1300. The molecule has 0 radical (unpaired) electrons. The van der Waals surface area contributed by atoms with Crippen molar-refractivity contribution in [2.75, 3.05) is 12.0 Å². The number of methoxy groups -OCH3 is 1. The Hall–Kier alpha value is -3.90. The number of benzene rings is 3. The molecule has 0 aliphatic carbocycles. The second-order valence-electron chi connectivity index (χ2n) is 7.95. The third kappa shape index (κ3) is 4.32. The van der Waals surface area contributed by atoms with Gasteiger partial charge in [-0.2, -0.15) is 0 Å². The molecule has 1 aliphatic heterocycles. The first-order valence-electron chi connectivity index (χ1n) is 10.6. The van der Waals surface area contributed by atoms with Gasteiger partial charge in [-0.25, -0.2) is 0 Å². The van der Waals surface area contributed by atoms with E-state index in [4.69, 9.17) is 16.3 Å². The number of aliphatic hydroxyl groups excluding tert-OH is 1. The van der Waals surface area contributed by atoms with Crippen LogP contribution >= 0.6 is 11.6 Å². The van der Waals surface area contributed by atoms with Crippen molar-refractivity contribution in [1.29, 1.82) is 0 Å². The maximum atomic E-state index is 13.2. The first kappa shape index (κ1) is 23.3. The lowest BCUT2D eigenvalue weighted by Crippen LogP contribution is -2.29. The fraction of sp³-hybridized carbons (Fsp3) is 0.148. The van der Waals surface area contributed by atoms with Gasteiger partial charge >= 0.3 is 5.97 Å². The van der Waals surface area contributed by atoms with Gasteiger partial charge in [0.1, 0.15) is 5.76 Å². The highest BCUT2D eigenvalue weighted by molar-refractivity contribution is 6.51. The maximum absolute atomic E-state index is 13.2. The van der Waals surface area contributed by atoms with Crippen LogP contribution in [-0.2, 0) is 25.5 Å².